The largest absolute Gasteiger partial charge is 0.391 e. The minimum absolute atomic E-state index is 0.0301. The van der Waals surface area contributed by atoms with Crippen LogP contribution in [-0.4, -0.2) is 60.7 Å². The van der Waals surface area contributed by atoms with Gasteiger partial charge in [-0.05, 0) is 38.5 Å². The summed E-state index contributed by atoms with van der Waals surface area (Å²) in [5.41, 5.74) is 0.0301. The van der Waals surface area contributed by atoms with Gasteiger partial charge in [0.15, 0.2) is 0 Å². The van der Waals surface area contributed by atoms with Gasteiger partial charge in [0, 0.05) is 25.2 Å². The zero-order valence-electron chi connectivity index (χ0n) is 12.6. The molecule has 1 saturated carbocycles. The van der Waals surface area contributed by atoms with E-state index in [0.717, 1.165) is 58.6 Å². The number of aliphatic hydroxyl groups excluding tert-OH is 1. The lowest BCUT2D eigenvalue weighted by Crippen LogP contribution is -2.58. The minimum Gasteiger partial charge on any atom is -0.391 e. The molecule has 2 atom stereocenters. The molecule has 2 saturated heterocycles. The average Bonchev–Trinajstić information content (AvgIpc) is 3.18. The molecule has 0 aromatic heterocycles. The van der Waals surface area contributed by atoms with Crippen LogP contribution < -0.4 is 0 Å². The van der Waals surface area contributed by atoms with E-state index in [1.807, 2.05) is 0 Å². The molecule has 2 unspecified atom stereocenters. The van der Waals surface area contributed by atoms with Gasteiger partial charge in [0.25, 0.3) is 0 Å². The number of morpholine rings is 1. The molecule has 1 aliphatic carbocycles. The number of aliphatic hydroxyl groups is 1. The Kier molecular flexibility index (Phi) is 4.97. The van der Waals surface area contributed by atoms with Crippen LogP contribution in [0.4, 0.5) is 0 Å². The Balaban J connectivity index is 1.59. The molecular formula is C16H29NO3. The van der Waals surface area contributed by atoms with E-state index in [2.05, 4.69) is 4.90 Å². The van der Waals surface area contributed by atoms with E-state index in [4.69, 9.17) is 9.47 Å². The predicted octanol–water partition coefficient (Wildman–Crippen LogP) is 1.95. The van der Waals surface area contributed by atoms with Crippen LogP contribution in [0, 0.1) is 0 Å². The molecule has 20 heavy (non-hydrogen) atoms. The van der Waals surface area contributed by atoms with Crippen molar-refractivity contribution in [3.05, 3.63) is 0 Å². The van der Waals surface area contributed by atoms with Gasteiger partial charge >= 0.3 is 0 Å². The van der Waals surface area contributed by atoms with Crippen molar-refractivity contribution in [2.45, 2.75) is 69.1 Å². The number of hydrogen-bond acceptors (Lipinski definition) is 4. The Hall–Kier alpha value is -0.160. The normalized spacial score (nSPS) is 32.5. The highest BCUT2D eigenvalue weighted by Gasteiger charge is 2.45. The van der Waals surface area contributed by atoms with Crippen LogP contribution in [0.25, 0.3) is 0 Å². The van der Waals surface area contributed by atoms with Gasteiger partial charge in [-0.2, -0.15) is 0 Å². The summed E-state index contributed by atoms with van der Waals surface area (Å²) >= 11 is 0. The fourth-order valence-corrected chi connectivity index (χ4v) is 4.34. The summed E-state index contributed by atoms with van der Waals surface area (Å²) in [4.78, 5) is 2.52. The molecule has 3 rings (SSSR count). The fraction of sp³-hybridized carbons (Fsp3) is 1.00. The molecule has 3 aliphatic rings. The third-order valence-corrected chi connectivity index (χ3v) is 5.52. The molecule has 0 amide bonds. The van der Waals surface area contributed by atoms with Gasteiger partial charge in [-0.25, -0.2) is 0 Å². The van der Waals surface area contributed by atoms with Gasteiger partial charge in [0.05, 0.1) is 25.4 Å². The molecule has 0 spiro atoms. The minimum atomic E-state index is -0.202. The summed E-state index contributed by atoms with van der Waals surface area (Å²) in [6.45, 7) is 4.52. The molecule has 0 radical (unpaired) electrons. The van der Waals surface area contributed by atoms with E-state index in [1.54, 1.807) is 0 Å². The standard InChI is InChI=1S/C16H29NO3/c18-15(6-5-14-4-3-11-20-14)16(7-1-2-8-16)17-9-12-19-13-10-17/h14-15,18H,1-13H2. The Labute approximate surface area is 122 Å². The molecule has 2 aliphatic heterocycles. The zero-order valence-corrected chi connectivity index (χ0v) is 12.6. The van der Waals surface area contributed by atoms with Crippen molar-refractivity contribution in [1.29, 1.82) is 0 Å². The quantitative estimate of drug-likeness (QED) is 0.837. The zero-order chi connectivity index (χ0) is 13.8. The second kappa shape index (κ2) is 6.73. The number of ether oxygens (including phenoxy) is 2. The van der Waals surface area contributed by atoms with Gasteiger partial charge in [0.2, 0.25) is 0 Å². The van der Waals surface area contributed by atoms with Crippen LogP contribution in [0.1, 0.15) is 51.4 Å². The predicted molar refractivity (Wildman–Crippen MR) is 77.8 cm³/mol. The summed E-state index contributed by atoms with van der Waals surface area (Å²) in [6.07, 6.45) is 9.30. The van der Waals surface area contributed by atoms with Crippen molar-refractivity contribution in [2.75, 3.05) is 32.9 Å². The van der Waals surface area contributed by atoms with Crippen LogP contribution in [0.15, 0.2) is 0 Å². The maximum Gasteiger partial charge on any atom is 0.0724 e. The van der Waals surface area contributed by atoms with Crippen molar-refractivity contribution in [1.82, 2.24) is 4.90 Å². The SMILES string of the molecule is OC(CCC1CCCO1)C1(N2CCOCC2)CCCC1. The van der Waals surface area contributed by atoms with Crippen molar-refractivity contribution in [2.24, 2.45) is 0 Å². The molecule has 4 nitrogen and oxygen atoms in total. The highest BCUT2D eigenvalue weighted by Crippen LogP contribution is 2.40. The lowest BCUT2D eigenvalue weighted by atomic mass is 9.84. The highest BCUT2D eigenvalue weighted by molar-refractivity contribution is 5.01. The van der Waals surface area contributed by atoms with Crippen LogP contribution >= 0.6 is 0 Å². The molecule has 0 bridgehead atoms. The molecule has 4 heteroatoms. The third kappa shape index (κ3) is 3.03. The van der Waals surface area contributed by atoms with Crippen molar-refractivity contribution in [3.8, 4) is 0 Å². The van der Waals surface area contributed by atoms with E-state index >= 15 is 0 Å². The second-order valence-electron chi connectivity index (χ2n) is 6.64. The first kappa shape index (κ1) is 14.8. The number of nitrogens with zero attached hydrogens (tertiary/aromatic N) is 1. The Morgan fingerprint density at radius 1 is 1.10 bits per heavy atom. The van der Waals surface area contributed by atoms with Gasteiger partial charge in [-0.3, -0.25) is 4.90 Å². The van der Waals surface area contributed by atoms with Crippen molar-refractivity contribution < 1.29 is 14.6 Å². The van der Waals surface area contributed by atoms with Crippen LogP contribution in [0.3, 0.4) is 0 Å². The fourth-order valence-electron chi connectivity index (χ4n) is 4.34. The Bertz CT molecular complexity index is 292. The summed E-state index contributed by atoms with van der Waals surface area (Å²) in [5, 5.41) is 10.9. The summed E-state index contributed by atoms with van der Waals surface area (Å²) in [6, 6.07) is 0. The van der Waals surface area contributed by atoms with Crippen molar-refractivity contribution >= 4 is 0 Å². The van der Waals surface area contributed by atoms with Gasteiger partial charge in [-0.1, -0.05) is 12.8 Å². The van der Waals surface area contributed by atoms with Gasteiger partial charge in [0.1, 0.15) is 0 Å². The maximum absolute atomic E-state index is 10.9. The molecule has 0 aromatic carbocycles. The molecule has 1 N–H and O–H groups in total. The highest BCUT2D eigenvalue weighted by atomic mass is 16.5. The molecule has 0 aromatic rings. The van der Waals surface area contributed by atoms with Crippen LogP contribution in [-0.2, 0) is 9.47 Å². The van der Waals surface area contributed by atoms with Gasteiger partial charge in [-0.15, -0.1) is 0 Å². The topological polar surface area (TPSA) is 41.9 Å². The maximum atomic E-state index is 10.9. The van der Waals surface area contributed by atoms with E-state index in [0.29, 0.717) is 6.10 Å². The first-order valence-corrected chi connectivity index (χ1v) is 8.44. The van der Waals surface area contributed by atoms with E-state index in [9.17, 15) is 5.11 Å². The van der Waals surface area contributed by atoms with Crippen LogP contribution in [0.5, 0.6) is 0 Å². The molecule has 116 valence electrons. The number of rotatable bonds is 5. The first-order chi connectivity index (χ1) is 9.81. The van der Waals surface area contributed by atoms with E-state index < -0.39 is 0 Å². The second-order valence-corrected chi connectivity index (χ2v) is 6.64. The first-order valence-electron chi connectivity index (χ1n) is 8.44. The van der Waals surface area contributed by atoms with E-state index in [1.165, 1.54) is 25.7 Å². The van der Waals surface area contributed by atoms with E-state index in [-0.39, 0.29) is 11.6 Å². The average molecular weight is 283 g/mol. The van der Waals surface area contributed by atoms with Crippen molar-refractivity contribution in [3.63, 3.8) is 0 Å². The molecule has 2 heterocycles. The molecular weight excluding hydrogens is 254 g/mol. The lowest BCUT2D eigenvalue weighted by Gasteiger charge is -2.46. The van der Waals surface area contributed by atoms with Gasteiger partial charge < -0.3 is 14.6 Å². The summed E-state index contributed by atoms with van der Waals surface area (Å²) in [5.74, 6) is 0. The monoisotopic (exact) mass is 283 g/mol. The lowest BCUT2D eigenvalue weighted by molar-refractivity contribution is -0.0809. The Morgan fingerprint density at radius 3 is 2.50 bits per heavy atom. The van der Waals surface area contributed by atoms with Crippen LogP contribution in [0.2, 0.25) is 0 Å². The molecule has 3 fully saturated rings. The third-order valence-electron chi connectivity index (χ3n) is 5.52. The summed E-state index contributed by atoms with van der Waals surface area (Å²) < 4.78 is 11.2. The Morgan fingerprint density at radius 2 is 1.85 bits per heavy atom. The summed E-state index contributed by atoms with van der Waals surface area (Å²) in [7, 11) is 0. The smallest absolute Gasteiger partial charge is 0.0724 e. The number of hydrogen-bond donors (Lipinski definition) is 1.